The van der Waals surface area contributed by atoms with Gasteiger partial charge in [-0.2, -0.15) is 0 Å². The van der Waals surface area contributed by atoms with E-state index in [2.05, 4.69) is 10.3 Å². The lowest BCUT2D eigenvalue weighted by molar-refractivity contribution is 0.475. The van der Waals surface area contributed by atoms with Gasteiger partial charge in [0.1, 0.15) is 5.75 Å². The second-order valence-corrected chi connectivity index (χ2v) is 4.68. The zero-order chi connectivity index (χ0) is 14.1. The van der Waals surface area contributed by atoms with Gasteiger partial charge < -0.3 is 14.8 Å². The summed E-state index contributed by atoms with van der Waals surface area (Å²) in [5, 5.41) is 12.6. The van der Waals surface area contributed by atoms with Crippen molar-refractivity contribution >= 4 is 16.8 Å². The zero-order valence-corrected chi connectivity index (χ0v) is 10.9. The number of phenolic OH excluding ortho intramolecular Hbond substituents is 1. The normalized spacial score (nSPS) is 12.4. The third-order valence-corrected chi connectivity index (χ3v) is 3.20. The summed E-state index contributed by atoms with van der Waals surface area (Å²) >= 11 is 0. The van der Waals surface area contributed by atoms with Crippen LogP contribution in [-0.4, -0.2) is 10.1 Å². The van der Waals surface area contributed by atoms with Crippen LogP contribution < -0.4 is 11.1 Å². The number of fused-ring (bicyclic) bond motifs is 1. The Morgan fingerprint density at radius 3 is 2.70 bits per heavy atom. The topological polar surface area (TPSA) is 78.3 Å². The molecule has 3 aromatic rings. The molecule has 1 heterocycles. The van der Waals surface area contributed by atoms with Gasteiger partial charge in [0.05, 0.1) is 5.52 Å². The predicted molar refractivity (Wildman–Crippen MR) is 77.0 cm³/mol. The van der Waals surface area contributed by atoms with Crippen molar-refractivity contribution in [1.29, 1.82) is 0 Å². The fourth-order valence-corrected chi connectivity index (χ4v) is 2.14. The van der Waals surface area contributed by atoms with Crippen molar-refractivity contribution in [3.63, 3.8) is 0 Å². The summed E-state index contributed by atoms with van der Waals surface area (Å²) in [6, 6.07) is 12.6. The summed E-state index contributed by atoms with van der Waals surface area (Å²) in [7, 11) is 0. The molecule has 0 fully saturated rings. The van der Waals surface area contributed by atoms with Gasteiger partial charge in [-0.3, -0.25) is 4.98 Å². The van der Waals surface area contributed by atoms with Crippen LogP contribution in [0.3, 0.4) is 0 Å². The number of aromatic hydroxyl groups is 1. The van der Waals surface area contributed by atoms with E-state index >= 15 is 0 Å². The van der Waals surface area contributed by atoms with Crippen LogP contribution in [0.15, 0.2) is 51.7 Å². The molecule has 5 heteroatoms. The molecular weight excluding hydrogens is 256 g/mol. The van der Waals surface area contributed by atoms with E-state index in [1.165, 1.54) is 0 Å². The van der Waals surface area contributed by atoms with Gasteiger partial charge >= 0.3 is 5.76 Å². The SMILES string of the molecule is CC(Nc1ccc2oc(=O)[nH]c2c1)c1ccc(O)cc1. The molecule has 0 spiro atoms. The maximum atomic E-state index is 11.1. The third-order valence-electron chi connectivity index (χ3n) is 3.20. The predicted octanol–water partition coefficient (Wildman–Crippen LogP) is 3.00. The maximum Gasteiger partial charge on any atom is 0.417 e. The summed E-state index contributed by atoms with van der Waals surface area (Å²) in [4.78, 5) is 13.7. The van der Waals surface area contributed by atoms with Gasteiger partial charge in [0.15, 0.2) is 5.58 Å². The van der Waals surface area contributed by atoms with Crippen LogP contribution in [0.1, 0.15) is 18.5 Å². The summed E-state index contributed by atoms with van der Waals surface area (Å²) in [6.45, 7) is 2.02. The molecule has 0 radical (unpaired) electrons. The van der Waals surface area contributed by atoms with E-state index in [0.29, 0.717) is 11.1 Å². The third kappa shape index (κ3) is 2.38. The fraction of sp³-hybridized carbons (Fsp3) is 0.133. The van der Waals surface area contributed by atoms with Crippen LogP contribution in [0, 0.1) is 0 Å². The molecule has 0 aliphatic heterocycles. The van der Waals surface area contributed by atoms with Gasteiger partial charge in [-0.15, -0.1) is 0 Å². The van der Waals surface area contributed by atoms with E-state index in [9.17, 15) is 9.90 Å². The van der Waals surface area contributed by atoms with Crippen molar-refractivity contribution in [2.45, 2.75) is 13.0 Å². The van der Waals surface area contributed by atoms with Crippen LogP contribution >= 0.6 is 0 Å². The van der Waals surface area contributed by atoms with E-state index in [1.54, 1.807) is 18.2 Å². The average molecular weight is 270 g/mol. The minimum absolute atomic E-state index is 0.0756. The number of anilines is 1. The molecular formula is C15H14N2O3. The Bertz CT molecular complexity index is 787. The lowest BCUT2D eigenvalue weighted by Crippen LogP contribution is -2.06. The molecule has 0 bridgehead atoms. The minimum Gasteiger partial charge on any atom is -0.508 e. The molecule has 0 amide bonds. The molecule has 0 saturated heterocycles. The lowest BCUT2D eigenvalue weighted by Gasteiger charge is -2.15. The van der Waals surface area contributed by atoms with Crippen LogP contribution in [0.2, 0.25) is 0 Å². The zero-order valence-electron chi connectivity index (χ0n) is 10.9. The van der Waals surface area contributed by atoms with Crippen molar-refractivity contribution < 1.29 is 9.52 Å². The summed E-state index contributed by atoms with van der Waals surface area (Å²) in [5.41, 5.74) is 3.15. The Balaban J connectivity index is 1.84. The maximum absolute atomic E-state index is 11.1. The van der Waals surface area contributed by atoms with Gasteiger partial charge in [-0.25, -0.2) is 4.79 Å². The molecule has 1 aromatic heterocycles. The van der Waals surface area contributed by atoms with Crippen LogP contribution in [0.4, 0.5) is 5.69 Å². The molecule has 1 atom stereocenters. The second-order valence-electron chi connectivity index (χ2n) is 4.68. The number of H-pyrrole nitrogens is 1. The quantitative estimate of drug-likeness (QED) is 0.683. The molecule has 0 aliphatic carbocycles. The standard InChI is InChI=1S/C15H14N2O3/c1-9(10-2-5-12(18)6-3-10)16-11-4-7-14-13(8-11)17-15(19)20-14/h2-9,16,18H,1H3,(H,17,19). The number of hydrogen-bond acceptors (Lipinski definition) is 4. The Kier molecular flexibility index (Phi) is 2.95. The van der Waals surface area contributed by atoms with Crippen molar-refractivity contribution in [2.75, 3.05) is 5.32 Å². The van der Waals surface area contributed by atoms with Crippen LogP contribution in [0.5, 0.6) is 5.75 Å². The van der Waals surface area contributed by atoms with Crippen molar-refractivity contribution in [2.24, 2.45) is 0 Å². The first-order valence-electron chi connectivity index (χ1n) is 6.30. The van der Waals surface area contributed by atoms with E-state index < -0.39 is 5.76 Å². The number of aromatic nitrogens is 1. The number of oxazole rings is 1. The second kappa shape index (κ2) is 4.77. The highest BCUT2D eigenvalue weighted by atomic mass is 16.4. The molecule has 102 valence electrons. The minimum atomic E-state index is -0.455. The number of benzene rings is 2. The Morgan fingerprint density at radius 2 is 1.95 bits per heavy atom. The van der Waals surface area contributed by atoms with Gasteiger partial charge in [-0.05, 0) is 42.8 Å². The number of rotatable bonds is 3. The molecule has 3 N–H and O–H groups in total. The number of hydrogen-bond donors (Lipinski definition) is 3. The fourth-order valence-electron chi connectivity index (χ4n) is 2.14. The van der Waals surface area contributed by atoms with Gasteiger partial charge in [0.25, 0.3) is 0 Å². The molecule has 0 saturated carbocycles. The molecule has 3 rings (SSSR count). The molecule has 0 aliphatic rings. The van der Waals surface area contributed by atoms with E-state index in [1.807, 2.05) is 31.2 Å². The van der Waals surface area contributed by atoms with Crippen LogP contribution in [0.25, 0.3) is 11.1 Å². The Labute approximate surface area is 114 Å². The first-order valence-corrected chi connectivity index (χ1v) is 6.30. The molecule has 1 unspecified atom stereocenters. The van der Waals surface area contributed by atoms with Gasteiger partial charge in [-0.1, -0.05) is 12.1 Å². The number of nitrogens with one attached hydrogen (secondary N) is 2. The average Bonchev–Trinajstić information content (AvgIpc) is 2.78. The summed E-state index contributed by atoms with van der Waals surface area (Å²) < 4.78 is 4.96. The first kappa shape index (κ1) is 12.3. The van der Waals surface area contributed by atoms with Crippen molar-refractivity contribution in [3.05, 3.63) is 58.6 Å². The van der Waals surface area contributed by atoms with Gasteiger partial charge in [0, 0.05) is 11.7 Å². The van der Waals surface area contributed by atoms with E-state index in [0.717, 1.165) is 11.3 Å². The monoisotopic (exact) mass is 270 g/mol. The highest BCUT2D eigenvalue weighted by molar-refractivity contribution is 5.76. The Morgan fingerprint density at radius 1 is 1.20 bits per heavy atom. The molecule has 2 aromatic carbocycles. The summed E-state index contributed by atoms with van der Waals surface area (Å²) in [5.74, 6) is -0.206. The van der Waals surface area contributed by atoms with E-state index in [-0.39, 0.29) is 11.8 Å². The Hall–Kier alpha value is -2.69. The highest BCUT2D eigenvalue weighted by Crippen LogP contribution is 2.23. The van der Waals surface area contributed by atoms with Gasteiger partial charge in [0.2, 0.25) is 0 Å². The highest BCUT2D eigenvalue weighted by Gasteiger charge is 2.07. The van der Waals surface area contributed by atoms with Crippen molar-refractivity contribution in [3.8, 4) is 5.75 Å². The lowest BCUT2D eigenvalue weighted by atomic mass is 10.1. The van der Waals surface area contributed by atoms with E-state index in [4.69, 9.17) is 4.42 Å². The smallest absolute Gasteiger partial charge is 0.417 e. The largest absolute Gasteiger partial charge is 0.508 e. The first-order chi connectivity index (χ1) is 9.61. The molecule has 20 heavy (non-hydrogen) atoms. The van der Waals surface area contributed by atoms with Crippen molar-refractivity contribution in [1.82, 2.24) is 4.98 Å². The number of phenols is 1. The van der Waals surface area contributed by atoms with Crippen LogP contribution in [-0.2, 0) is 0 Å². The number of aromatic amines is 1. The summed E-state index contributed by atoms with van der Waals surface area (Å²) in [6.07, 6.45) is 0. The molecule has 5 nitrogen and oxygen atoms in total.